The van der Waals surface area contributed by atoms with E-state index < -0.39 is 0 Å². The number of aryl methyl sites for hydroxylation is 1. The number of hydrogen-bond donors (Lipinski definition) is 1. The summed E-state index contributed by atoms with van der Waals surface area (Å²) >= 11 is 1.89. The predicted octanol–water partition coefficient (Wildman–Crippen LogP) is 4.11. The molecule has 0 aliphatic heterocycles. The van der Waals surface area contributed by atoms with Gasteiger partial charge >= 0.3 is 0 Å². The number of aromatic nitrogens is 1. The topological polar surface area (TPSA) is 24.9 Å². The van der Waals surface area contributed by atoms with Crippen molar-refractivity contribution in [3.05, 3.63) is 15.6 Å². The maximum atomic E-state index is 4.78. The Bertz CT molecular complexity index is 318. The molecule has 98 valence electrons. The lowest BCUT2D eigenvalue weighted by Crippen LogP contribution is -2.14. The molecule has 0 saturated carbocycles. The monoisotopic (exact) mass is 254 g/mol. The summed E-state index contributed by atoms with van der Waals surface area (Å²) in [6.45, 7) is 11.0. The molecule has 1 heterocycles. The Morgan fingerprint density at radius 1 is 1.24 bits per heavy atom. The third kappa shape index (κ3) is 4.76. The summed E-state index contributed by atoms with van der Waals surface area (Å²) in [5.74, 6) is 0.556. The molecule has 0 amide bonds. The average Bonchev–Trinajstić information content (AvgIpc) is 2.69. The van der Waals surface area contributed by atoms with Gasteiger partial charge < -0.3 is 5.32 Å². The second-order valence-electron chi connectivity index (χ2n) is 4.86. The van der Waals surface area contributed by atoms with Gasteiger partial charge in [0.05, 0.1) is 10.7 Å². The molecule has 1 aromatic heterocycles. The number of nitrogens with one attached hydrogen (secondary N) is 1. The Balaban J connectivity index is 2.60. The van der Waals surface area contributed by atoms with E-state index in [4.69, 9.17) is 4.98 Å². The van der Waals surface area contributed by atoms with E-state index in [1.165, 1.54) is 34.8 Å². The van der Waals surface area contributed by atoms with Crippen LogP contribution in [0.15, 0.2) is 0 Å². The number of nitrogens with zero attached hydrogens (tertiary/aromatic N) is 1. The van der Waals surface area contributed by atoms with E-state index in [0.29, 0.717) is 5.92 Å². The lowest BCUT2D eigenvalue weighted by molar-refractivity contribution is 0.641. The van der Waals surface area contributed by atoms with Crippen molar-refractivity contribution in [2.45, 2.75) is 65.8 Å². The molecule has 0 spiro atoms. The van der Waals surface area contributed by atoms with Crippen LogP contribution in [0.2, 0.25) is 0 Å². The fourth-order valence-corrected chi connectivity index (χ4v) is 2.81. The van der Waals surface area contributed by atoms with E-state index in [9.17, 15) is 0 Å². The van der Waals surface area contributed by atoms with Gasteiger partial charge in [-0.05, 0) is 19.4 Å². The minimum atomic E-state index is 0.556. The maximum absolute atomic E-state index is 4.78. The van der Waals surface area contributed by atoms with Crippen molar-refractivity contribution in [3.8, 4) is 0 Å². The Kier molecular flexibility index (Phi) is 6.75. The van der Waals surface area contributed by atoms with Crippen molar-refractivity contribution in [1.82, 2.24) is 10.3 Å². The van der Waals surface area contributed by atoms with Crippen LogP contribution in [0.5, 0.6) is 0 Å². The van der Waals surface area contributed by atoms with Crippen molar-refractivity contribution in [3.63, 3.8) is 0 Å². The highest BCUT2D eigenvalue weighted by Crippen LogP contribution is 2.25. The summed E-state index contributed by atoms with van der Waals surface area (Å²) in [4.78, 5) is 6.23. The van der Waals surface area contributed by atoms with Gasteiger partial charge in [-0.2, -0.15) is 0 Å². The van der Waals surface area contributed by atoms with E-state index in [1.54, 1.807) is 0 Å². The number of rotatable bonds is 8. The van der Waals surface area contributed by atoms with Crippen LogP contribution in [0, 0.1) is 0 Å². The Labute approximate surface area is 110 Å². The van der Waals surface area contributed by atoms with Gasteiger partial charge in [0.2, 0.25) is 0 Å². The Morgan fingerprint density at radius 2 is 2.00 bits per heavy atom. The molecule has 0 aliphatic carbocycles. The minimum absolute atomic E-state index is 0.556. The molecule has 1 aromatic rings. The predicted molar refractivity (Wildman–Crippen MR) is 76.8 cm³/mol. The molecule has 0 aliphatic rings. The first-order valence-electron chi connectivity index (χ1n) is 6.88. The van der Waals surface area contributed by atoms with E-state index in [2.05, 4.69) is 33.0 Å². The standard InChI is InChI=1S/C14H26N2S/c1-5-7-9-15-10-13-12(8-6-2)16-14(17-13)11(3)4/h11,15H,5-10H2,1-4H3. The molecule has 0 bridgehead atoms. The van der Waals surface area contributed by atoms with Crippen LogP contribution < -0.4 is 5.32 Å². The summed E-state index contributed by atoms with van der Waals surface area (Å²) in [5, 5.41) is 4.82. The molecule has 1 rings (SSSR count). The second kappa shape index (κ2) is 7.83. The van der Waals surface area contributed by atoms with Crippen LogP contribution in [0.3, 0.4) is 0 Å². The molecule has 17 heavy (non-hydrogen) atoms. The Hall–Kier alpha value is -0.410. The summed E-state index contributed by atoms with van der Waals surface area (Å²) in [6, 6.07) is 0. The van der Waals surface area contributed by atoms with Gasteiger partial charge in [-0.15, -0.1) is 11.3 Å². The highest BCUT2D eigenvalue weighted by Gasteiger charge is 2.12. The SMILES string of the molecule is CCCCNCc1sc(C(C)C)nc1CCC. The zero-order valence-electron chi connectivity index (χ0n) is 11.7. The van der Waals surface area contributed by atoms with Crippen molar-refractivity contribution < 1.29 is 0 Å². The highest BCUT2D eigenvalue weighted by molar-refractivity contribution is 7.11. The largest absolute Gasteiger partial charge is 0.312 e. The van der Waals surface area contributed by atoms with E-state index in [0.717, 1.165) is 19.5 Å². The fourth-order valence-electron chi connectivity index (χ4n) is 1.72. The molecule has 1 N–H and O–H groups in total. The first-order chi connectivity index (χ1) is 8.19. The van der Waals surface area contributed by atoms with E-state index in [1.807, 2.05) is 11.3 Å². The lowest BCUT2D eigenvalue weighted by Gasteiger charge is -2.03. The zero-order chi connectivity index (χ0) is 12.7. The third-order valence-electron chi connectivity index (χ3n) is 2.77. The van der Waals surface area contributed by atoms with Crippen molar-refractivity contribution >= 4 is 11.3 Å². The van der Waals surface area contributed by atoms with Gasteiger partial charge in [-0.1, -0.05) is 40.5 Å². The normalized spacial score (nSPS) is 11.4. The molecule has 2 nitrogen and oxygen atoms in total. The van der Waals surface area contributed by atoms with Crippen LogP contribution in [0.4, 0.5) is 0 Å². The van der Waals surface area contributed by atoms with E-state index >= 15 is 0 Å². The molecule has 0 fully saturated rings. The average molecular weight is 254 g/mol. The third-order valence-corrected chi connectivity index (χ3v) is 4.17. The summed E-state index contributed by atoms with van der Waals surface area (Å²) in [7, 11) is 0. The molecule has 0 atom stereocenters. The summed E-state index contributed by atoms with van der Waals surface area (Å²) in [6.07, 6.45) is 4.82. The molecular formula is C14H26N2S. The van der Waals surface area contributed by atoms with Crippen LogP contribution in [0.1, 0.15) is 68.5 Å². The number of unbranched alkanes of at least 4 members (excludes halogenated alkanes) is 1. The molecule has 0 aromatic carbocycles. The first-order valence-corrected chi connectivity index (χ1v) is 7.69. The van der Waals surface area contributed by atoms with Crippen LogP contribution in [-0.2, 0) is 13.0 Å². The smallest absolute Gasteiger partial charge is 0.0957 e. The van der Waals surface area contributed by atoms with Crippen molar-refractivity contribution in [1.29, 1.82) is 0 Å². The molecule has 0 unspecified atom stereocenters. The molecule has 0 radical (unpaired) electrons. The van der Waals surface area contributed by atoms with Crippen LogP contribution in [-0.4, -0.2) is 11.5 Å². The molecule has 3 heteroatoms. The molecular weight excluding hydrogens is 228 g/mol. The van der Waals surface area contributed by atoms with Crippen LogP contribution in [0.25, 0.3) is 0 Å². The quantitative estimate of drug-likeness (QED) is 0.706. The van der Waals surface area contributed by atoms with E-state index in [-0.39, 0.29) is 0 Å². The minimum Gasteiger partial charge on any atom is -0.312 e. The van der Waals surface area contributed by atoms with Crippen molar-refractivity contribution in [2.75, 3.05) is 6.54 Å². The fraction of sp³-hybridized carbons (Fsp3) is 0.786. The van der Waals surface area contributed by atoms with Gasteiger partial charge in [-0.3, -0.25) is 0 Å². The second-order valence-corrected chi connectivity index (χ2v) is 5.97. The maximum Gasteiger partial charge on any atom is 0.0957 e. The molecule has 0 saturated heterocycles. The van der Waals surface area contributed by atoms with Crippen LogP contribution >= 0.6 is 11.3 Å². The van der Waals surface area contributed by atoms with Gasteiger partial charge in [-0.25, -0.2) is 4.98 Å². The van der Waals surface area contributed by atoms with Gasteiger partial charge in [0, 0.05) is 17.3 Å². The summed E-state index contributed by atoms with van der Waals surface area (Å²) in [5.41, 5.74) is 1.32. The summed E-state index contributed by atoms with van der Waals surface area (Å²) < 4.78 is 0. The lowest BCUT2D eigenvalue weighted by atomic mass is 10.2. The highest BCUT2D eigenvalue weighted by atomic mass is 32.1. The van der Waals surface area contributed by atoms with Crippen molar-refractivity contribution in [2.24, 2.45) is 0 Å². The number of thiazole rings is 1. The Morgan fingerprint density at radius 3 is 2.59 bits per heavy atom. The van der Waals surface area contributed by atoms with Gasteiger partial charge in [0.15, 0.2) is 0 Å². The van der Waals surface area contributed by atoms with Gasteiger partial charge in [0.25, 0.3) is 0 Å². The van der Waals surface area contributed by atoms with Gasteiger partial charge in [0.1, 0.15) is 0 Å². The first kappa shape index (κ1) is 14.7. The zero-order valence-corrected chi connectivity index (χ0v) is 12.5. The number of hydrogen-bond acceptors (Lipinski definition) is 3.